The van der Waals surface area contributed by atoms with Crippen LogP contribution in [-0.4, -0.2) is 26.2 Å². The number of hydrogen-bond acceptors (Lipinski definition) is 5. The number of hydrogen-bond donors (Lipinski definition) is 1. The van der Waals surface area contributed by atoms with Gasteiger partial charge in [0.2, 0.25) is 0 Å². The highest BCUT2D eigenvalue weighted by Crippen LogP contribution is 2.24. The number of nitrogens with one attached hydrogen (secondary N) is 1. The van der Waals surface area contributed by atoms with Crippen LogP contribution in [0.5, 0.6) is 0 Å². The van der Waals surface area contributed by atoms with Crippen molar-refractivity contribution < 1.29 is 13.2 Å². The lowest BCUT2D eigenvalue weighted by atomic mass is 10.2. The number of alkyl halides is 3. The molecule has 0 bridgehead atoms. The lowest BCUT2D eigenvalue weighted by Crippen LogP contribution is -2.22. The van der Waals surface area contributed by atoms with E-state index in [9.17, 15) is 13.2 Å². The summed E-state index contributed by atoms with van der Waals surface area (Å²) in [4.78, 5) is 16.9. The standard InChI is InChI=1S/C17H16F3N5/c1-2-3-6-14-22-13(10-15(24-14)25-17(18,19)20)12-8-7-11-5-4-9-21-16(11)23-12/h4-5,7-10H,2-3,6H2,1H3,(H,22,24,25). The fraction of sp³-hybridized carbons (Fsp3) is 0.294. The summed E-state index contributed by atoms with van der Waals surface area (Å²) < 4.78 is 38.0. The van der Waals surface area contributed by atoms with Crippen LogP contribution >= 0.6 is 0 Å². The van der Waals surface area contributed by atoms with Crippen LogP contribution < -0.4 is 5.32 Å². The number of rotatable bonds is 5. The van der Waals surface area contributed by atoms with E-state index in [0.29, 0.717) is 29.3 Å². The van der Waals surface area contributed by atoms with Gasteiger partial charge in [-0.1, -0.05) is 13.3 Å². The van der Waals surface area contributed by atoms with E-state index in [1.54, 1.807) is 18.3 Å². The molecule has 0 aliphatic rings. The summed E-state index contributed by atoms with van der Waals surface area (Å²) in [6.45, 7) is 2.00. The van der Waals surface area contributed by atoms with Crippen molar-refractivity contribution >= 4 is 16.9 Å². The molecule has 3 rings (SSSR count). The molecule has 0 aliphatic carbocycles. The fourth-order valence-corrected chi connectivity index (χ4v) is 2.38. The van der Waals surface area contributed by atoms with Crippen molar-refractivity contribution in [2.24, 2.45) is 0 Å². The summed E-state index contributed by atoms with van der Waals surface area (Å²) in [6, 6.07) is 8.44. The first-order chi connectivity index (χ1) is 11.9. The summed E-state index contributed by atoms with van der Waals surface area (Å²) in [7, 11) is 0. The molecule has 0 radical (unpaired) electrons. The molecule has 8 heteroatoms. The maximum Gasteiger partial charge on any atom is 0.483 e. The molecule has 25 heavy (non-hydrogen) atoms. The molecule has 0 spiro atoms. The van der Waals surface area contributed by atoms with Crippen molar-refractivity contribution in [3.63, 3.8) is 0 Å². The largest absolute Gasteiger partial charge is 0.483 e. The van der Waals surface area contributed by atoms with E-state index in [4.69, 9.17) is 0 Å². The molecule has 1 N–H and O–H groups in total. The van der Waals surface area contributed by atoms with Gasteiger partial charge in [-0.05, 0) is 30.7 Å². The Morgan fingerprint density at radius 1 is 1.04 bits per heavy atom. The van der Waals surface area contributed by atoms with E-state index in [1.807, 2.05) is 19.1 Å². The monoisotopic (exact) mass is 347 g/mol. The van der Waals surface area contributed by atoms with E-state index in [1.165, 1.54) is 11.4 Å². The third-order valence-electron chi connectivity index (χ3n) is 3.52. The van der Waals surface area contributed by atoms with Crippen LogP contribution in [0.4, 0.5) is 19.0 Å². The van der Waals surface area contributed by atoms with E-state index < -0.39 is 6.30 Å². The van der Waals surface area contributed by atoms with Gasteiger partial charge in [-0.2, -0.15) is 13.2 Å². The number of unbranched alkanes of at least 4 members (excludes halogenated alkanes) is 1. The molecule has 0 amide bonds. The van der Waals surface area contributed by atoms with Gasteiger partial charge in [-0.15, -0.1) is 0 Å². The van der Waals surface area contributed by atoms with Gasteiger partial charge in [0, 0.05) is 24.1 Å². The average molecular weight is 347 g/mol. The first-order valence-electron chi connectivity index (χ1n) is 7.89. The van der Waals surface area contributed by atoms with Gasteiger partial charge >= 0.3 is 6.30 Å². The Morgan fingerprint density at radius 3 is 2.64 bits per heavy atom. The second-order valence-corrected chi connectivity index (χ2v) is 5.53. The number of fused-ring (bicyclic) bond motifs is 1. The molecule has 130 valence electrons. The molecule has 0 saturated heterocycles. The first kappa shape index (κ1) is 17.1. The third kappa shape index (κ3) is 4.40. The van der Waals surface area contributed by atoms with Crippen LogP contribution in [0.25, 0.3) is 22.4 Å². The maximum atomic E-state index is 12.7. The van der Waals surface area contributed by atoms with Gasteiger partial charge in [0.15, 0.2) is 5.65 Å². The molecule has 3 aromatic heterocycles. The molecule has 0 unspecified atom stereocenters. The molecule has 0 aromatic carbocycles. The minimum absolute atomic E-state index is 0.286. The maximum absolute atomic E-state index is 12.7. The molecular formula is C17H16F3N5. The minimum Gasteiger partial charge on any atom is -0.282 e. The zero-order valence-electron chi connectivity index (χ0n) is 13.5. The Kier molecular flexibility index (Phi) is 4.78. The molecule has 0 saturated carbocycles. The van der Waals surface area contributed by atoms with E-state index in [0.717, 1.165) is 18.2 Å². The van der Waals surface area contributed by atoms with Crippen LogP contribution in [0.15, 0.2) is 36.5 Å². The Bertz CT molecular complexity index is 880. The number of aryl methyl sites for hydroxylation is 1. The number of anilines is 1. The molecule has 0 atom stereocenters. The average Bonchev–Trinajstić information content (AvgIpc) is 2.58. The van der Waals surface area contributed by atoms with Crippen molar-refractivity contribution in [2.45, 2.75) is 32.5 Å². The van der Waals surface area contributed by atoms with E-state index in [-0.39, 0.29) is 5.82 Å². The minimum atomic E-state index is -4.56. The summed E-state index contributed by atoms with van der Waals surface area (Å²) >= 11 is 0. The molecule has 3 aromatic rings. The lowest BCUT2D eigenvalue weighted by Gasteiger charge is -2.12. The normalized spacial score (nSPS) is 11.7. The zero-order valence-corrected chi connectivity index (χ0v) is 13.5. The number of pyridine rings is 2. The van der Waals surface area contributed by atoms with Crippen molar-refractivity contribution in [3.05, 3.63) is 42.4 Å². The lowest BCUT2D eigenvalue weighted by molar-refractivity contribution is -0.100. The zero-order chi connectivity index (χ0) is 17.9. The highest BCUT2D eigenvalue weighted by atomic mass is 19.4. The second kappa shape index (κ2) is 7.00. The fourth-order valence-electron chi connectivity index (χ4n) is 2.38. The van der Waals surface area contributed by atoms with Crippen molar-refractivity contribution in [1.29, 1.82) is 0 Å². The van der Waals surface area contributed by atoms with Crippen molar-refractivity contribution in [2.75, 3.05) is 5.32 Å². The Balaban J connectivity index is 2.03. The number of aromatic nitrogens is 4. The molecule has 0 aliphatic heterocycles. The van der Waals surface area contributed by atoms with Crippen LogP contribution in [0.3, 0.4) is 0 Å². The van der Waals surface area contributed by atoms with Gasteiger partial charge < -0.3 is 0 Å². The number of nitrogens with zero attached hydrogens (tertiary/aromatic N) is 4. The summed E-state index contributed by atoms with van der Waals surface area (Å²) in [6.07, 6.45) is -0.757. The number of halogens is 3. The SMILES string of the molecule is CCCCc1nc(NC(F)(F)F)cc(-c2ccc3cccnc3n2)n1. The molecule has 3 heterocycles. The summed E-state index contributed by atoms with van der Waals surface area (Å²) in [5.74, 6) is 0.0699. The molecule has 5 nitrogen and oxygen atoms in total. The van der Waals surface area contributed by atoms with Gasteiger partial charge in [0.05, 0.1) is 11.4 Å². The van der Waals surface area contributed by atoms with Crippen molar-refractivity contribution in [1.82, 2.24) is 19.9 Å². The second-order valence-electron chi connectivity index (χ2n) is 5.53. The van der Waals surface area contributed by atoms with Gasteiger partial charge in [0.25, 0.3) is 0 Å². The smallest absolute Gasteiger partial charge is 0.282 e. The van der Waals surface area contributed by atoms with Crippen LogP contribution in [0.2, 0.25) is 0 Å². The van der Waals surface area contributed by atoms with Gasteiger partial charge in [-0.3, -0.25) is 5.32 Å². The quantitative estimate of drug-likeness (QED) is 0.695. The topological polar surface area (TPSA) is 63.6 Å². The molecule has 0 fully saturated rings. The van der Waals surface area contributed by atoms with Gasteiger partial charge in [-0.25, -0.2) is 19.9 Å². The van der Waals surface area contributed by atoms with E-state index in [2.05, 4.69) is 19.9 Å². The Morgan fingerprint density at radius 2 is 1.88 bits per heavy atom. The van der Waals surface area contributed by atoms with E-state index >= 15 is 0 Å². The van der Waals surface area contributed by atoms with Crippen molar-refractivity contribution in [3.8, 4) is 11.4 Å². The van der Waals surface area contributed by atoms with Crippen LogP contribution in [0, 0.1) is 0 Å². The highest BCUT2D eigenvalue weighted by Gasteiger charge is 2.28. The third-order valence-corrected chi connectivity index (χ3v) is 3.52. The first-order valence-corrected chi connectivity index (χ1v) is 7.89. The van der Waals surface area contributed by atoms with Crippen LogP contribution in [0.1, 0.15) is 25.6 Å². The Hall–Kier alpha value is -2.77. The summed E-state index contributed by atoms with van der Waals surface area (Å²) in [5, 5.41) is 2.30. The summed E-state index contributed by atoms with van der Waals surface area (Å²) in [5.41, 5.74) is 1.30. The highest BCUT2D eigenvalue weighted by molar-refractivity contribution is 5.77. The van der Waals surface area contributed by atoms with Gasteiger partial charge in [0.1, 0.15) is 11.6 Å². The Labute approximate surface area is 142 Å². The van der Waals surface area contributed by atoms with Crippen LogP contribution in [-0.2, 0) is 6.42 Å². The predicted molar refractivity (Wildman–Crippen MR) is 88.9 cm³/mol. The molecular weight excluding hydrogens is 331 g/mol. The predicted octanol–water partition coefficient (Wildman–Crippen LogP) is 4.36.